The molecule has 0 aliphatic heterocycles. The summed E-state index contributed by atoms with van der Waals surface area (Å²) in [5.41, 5.74) is 1.15. The molecule has 19 heavy (non-hydrogen) atoms. The first-order chi connectivity index (χ1) is 9.29. The fourth-order valence-electron chi connectivity index (χ4n) is 1.80. The average molecular weight is 261 g/mol. The van der Waals surface area contributed by atoms with E-state index in [1.165, 1.54) is 0 Å². The Bertz CT molecular complexity index is 465. The van der Waals surface area contributed by atoms with Crippen LogP contribution in [0.15, 0.2) is 47.1 Å². The lowest BCUT2D eigenvalue weighted by Crippen LogP contribution is -2.20. The van der Waals surface area contributed by atoms with Crippen LogP contribution in [0, 0.1) is 0 Å². The molecule has 0 fully saturated rings. The number of aliphatic hydroxyl groups excluding tert-OH is 1. The fourth-order valence-corrected chi connectivity index (χ4v) is 1.80. The van der Waals surface area contributed by atoms with Crippen LogP contribution in [-0.4, -0.2) is 18.3 Å². The van der Waals surface area contributed by atoms with Crippen LogP contribution in [0.2, 0.25) is 0 Å². The largest absolute Gasteiger partial charge is 0.494 e. The number of hydrogen-bond acceptors (Lipinski definition) is 4. The van der Waals surface area contributed by atoms with Gasteiger partial charge in [0.25, 0.3) is 0 Å². The summed E-state index contributed by atoms with van der Waals surface area (Å²) >= 11 is 0. The van der Waals surface area contributed by atoms with E-state index in [9.17, 15) is 5.11 Å². The molecule has 1 unspecified atom stereocenters. The zero-order chi connectivity index (χ0) is 13.5. The van der Waals surface area contributed by atoms with Gasteiger partial charge in [0.05, 0.1) is 12.9 Å². The van der Waals surface area contributed by atoms with Gasteiger partial charge in [0.1, 0.15) is 17.6 Å². The summed E-state index contributed by atoms with van der Waals surface area (Å²) < 4.78 is 10.5. The lowest BCUT2D eigenvalue weighted by molar-refractivity contribution is 0.147. The monoisotopic (exact) mass is 261 g/mol. The number of ether oxygens (including phenoxy) is 1. The van der Waals surface area contributed by atoms with E-state index >= 15 is 0 Å². The van der Waals surface area contributed by atoms with Gasteiger partial charge in [-0.1, -0.05) is 12.1 Å². The van der Waals surface area contributed by atoms with Crippen molar-refractivity contribution >= 4 is 0 Å². The van der Waals surface area contributed by atoms with Gasteiger partial charge in [0, 0.05) is 13.1 Å². The Morgan fingerprint density at radius 2 is 2.05 bits per heavy atom. The van der Waals surface area contributed by atoms with Gasteiger partial charge in [0.2, 0.25) is 0 Å². The van der Waals surface area contributed by atoms with Gasteiger partial charge in [0.15, 0.2) is 0 Å². The molecule has 0 saturated carbocycles. The molecule has 2 N–H and O–H groups in total. The number of rotatable bonds is 7. The van der Waals surface area contributed by atoms with Gasteiger partial charge >= 0.3 is 0 Å². The Morgan fingerprint density at radius 1 is 1.26 bits per heavy atom. The van der Waals surface area contributed by atoms with E-state index in [0.29, 0.717) is 25.5 Å². The molecule has 102 valence electrons. The molecule has 1 heterocycles. The summed E-state index contributed by atoms with van der Waals surface area (Å²) in [5.74, 6) is 1.46. The molecule has 2 rings (SSSR count). The van der Waals surface area contributed by atoms with Crippen LogP contribution in [0.25, 0.3) is 0 Å². The first-order valence-electron chi connectivity index (χ1n) is 6.43. The zero-order valence-corrected chi connectivity index (χ0v) is 11.0. The summed E-state index contributed by atoms with van der Waals surface area (Å²) in [6, 6.07) is 11.5. The molecule has 4 heteroatoms. The molecule has 0 bridgehead atoms. The summed E-state index contributed by atoms with van der Waals surface area (Å²) in [6.07, 6.45) is 0.947. The van der Waals surface area contributed by atoms with Gasteiger partial charge in [-0.15, -0.1) is 0 Å². The number of benzene rings is 1. The van der Waals surface area contributed by atoms with Crippen LogP contribution >= 0.6 is 0 Å². The molecule has 0 amide bonds. The zero-order valence-electron chi connectivity index (χ0n) is 11.0. The average Bonchev–Trinajstić information content (AvgIpc) is 2.95. The number of nitrogens with one attached hydrogen (secondary N) is 1. The molecule has 0 saturated heterocycles. The van der Waals surface area contributed by atoms with E-state index in [2.05, 4.69) is 5.32 Å². The summed E-state index contributed by atoms with van der Waals surface area (Å²) in [5, 5.41) is 13.0. The van der Waals surface area contributed by atoms with Crippen molar-refractivity contribution in [3.63, 3.8) is 0 Å². The third-order valence-corrected chi connectivity index (χ3v) is 2.77. The number of hydrogen-bond donors (Lipinski definition) is 2. The van der Waals surface area contributed by atoms with Gasteiger partial charge < -0.3 is 19.6 Å². The highest BCUT2D eigenvalue weighted by Crippen LogP contribution is 2.13. The minimum absolute atomic E-state index is 0.459. The van der Waals surface area contributed by atoms with Crippen LogP contribution in [0.5, 0.6) is 5.75 Å². The van der Waals surface area contributed by atoms with E-state index in [1.807, 2.05) is 31.2 Å². The van der Waals surface area contributed by atoms with Crippen LogP contribution in [0.1, 0.15) is 24.4 Å². The van der Waals surface area contributed by atoms with Crippen molar-refractivity contribution in [1.82, 2.24) is 5.32 Å². The highest BCUT2D eigenvalue weighted by atomic mass is 16.5. The van der Waals surface area contributed by atoms with Gasteiger partial charge in [-0.25, -0.2) is 0 Å². The third kappa shape index (κ3) is 4.12. The molecule has 1 atom stereocenters. The lowest BCUT2D eigenvalue weighted by atomic mass is 10.2. The van der Waals surface area contributed by atoms with Crippen molar-refractivity contribution in [3.05, 3.63) is 54.0 Å². The van der Waals surface area contributed by atoms with Gasteiger partial charge in [-0.05, 0) is 36.8 Å². The molecule has 0 aliphatic carbocycles. The SMILES string of the molecule is CCOc1ccc(CNCC(O)c2ccco2)cc1. The lowest BCUT2D eigenvalue weighted by Gasteiger charge is -2.10. The topological polar surface area (TPSA) is 54.6 Å². The predicted octanol–water partition coefficient (Wildman–Crippen LogP) is 2.50. The molecule has 1 aromatic carbocycles. The molecule has 2 aromatic rings. The van der Waals surface area contributed by atoms with Crippen molar-refractivity contribution in [1.29, 1.82) is 0 Å². The van der Waals surface area contributed by atoms with Crippen molar-refractivity contribution < 1.29 is 14.3 Å². The second kappa shape index (κ2) is 6.97. The number of furan rings is 1. The van der Waals surface area contributed by atoms with Crippen molar-refractivity contribution in [2.24, 2.45) is 0 Å². The second-order valence-electron chi connectivity index (χ2n) is 4.24. The quantitative estimate of drug-likeness (QED) is 0.804. The Hall–Kier alpha value is -1.78. The maximum absolute atomic E-state index is 9.83. The van der Waals surface area contributed by atoms with Crippen LogP contribution in [0.3, 0.4) is 0 Å². The molecule has 0 radical (unpaired) electrons. The van der Waals surface area contributed by atoms with Gasteiger partial charge in [-0.2, -0.15) is 0 Å². The van der Waals surface area contributed by atoms with Crippen molar-refractivity contribution in [3.8, 4) is 5.75 Å². The van der Waals surface area contributed by atoms with Crippen LogP contribution in [-0.2, 0) is 6.54 Å². The minimum atomic E-state index is -0.613. The molecule has 0 aliphatic rings. The maximum atomic E-state index is 9.83. The third-order valence-electron chi connectivity index (χ3n) is 2.77. The van der Waals surface area contributed by atoms with Gasteiger partial charge in [-0.3, -0.25) is 0 Å². The highest BCUT2D eigenvalue weighted by Gasteiger charge is 2.09. The molecular weight excluding hydrogens is 242 g/mol. The van der Waals surface area contributed by atoms with E-state index in [4.69, 9.17) is 9.15 Å². The van der Waals surface area contributed by atoms with Crippen molar-refractivity contribution in [2.75, 3.05) is 13.2 Å². The Balaban J connectivity index is 1.76. The van der Waals surface area contributed by atoms with E-state index < -0.39 is 6.10 Å². The fraction of sp³-hybridized carbons (Fsp3) is 0.333. The Labute approximate surface area is 113 Å². The highest BCUT2D eigenvalue weighted by molar-refractivity contribution is 5.27. The molecule has 4 nitrogen and oxygen atoms in total. The van der Waals surface area contributed by atoms with Crippen molar-refractivity contribution in [2.45, 2.75) is 19.6 Å². The van der Waals surface area contributed by atoms with E-state index in [-0.39, 0.29) is 0 Å². The molecule has 1 aromatic heterocycles. The molecular formula is C15H19NO3. The summed E-state index contributed by atoms with van der Waals surface area (Å²) in [4.78, 5) is 0. The smallest absolute Gasteiger partial charge is 0.133 e. The molecule has 0 spiro atoms. The maximum Gasteiger partial charge on any atom is 0.133 e. The van der Waals surface area contributed by atoms with Crippen LogP contribution in [0.4, 0.5) is 0 Å². The summed E-state index contributed by atoms with van der Waals surface area (Å²) in [7, 11) is 0. The van der Waals surface area contributed by atoms with Crippen LogP contribution < -0.4 is 10.1 Å². The van der Waals surface area contributed by atoms with E-state index in [1.54, 1.807) is 18.4 Å². The minimum Gasteiger partial charge on any atom is -0.494 e. The summed E-state index contributed by atoms with van der Waals surface area (Å²) in [6.45, 7) is 3.79. The second-order valence-corrected chi connectivity index (χ2v) is 4.24. The van der Waals surface area contributed by atoms with E-state index in [0.717, 1.165) is 11.3 Å². The Kier molecular flexibility index (Phi) is 5.01. The Morgan fingerprint density at radius 3 is 2.68 bits per heavy atom. The first kappa shape index (κ1) is 13.6. The normalized spacial score (nSPS) is 12.3. The number of aliphatic hydroxyl groups is 1. The predicted molar refractivity (Wildman–Crippen MR) is 73.0 cm³/mol. The first-order valence-corrected chi connectivity index (χ1v) is 6.43. The standard InChI is InChI=1S/C15H19NO3/c1-2-18-13-7-5-12(6-8-13)10-16-11-14(17)15-4-3-9-19-15/h3-9,14,16-17H,2,10-11H2,1H3.